The van der Waals surface area contributed by atoms with Crippen molar-refractivity contribution in [2.24, 2.45) is 16.7 Å². The Morgan fingerprint density at radius 2 is 1.64 bits per heavy atom. The second kappa shape index (κ2) is 12.3. The number of hydrogen-bond donors (Lipinski definition) is 4. The van der Waals surface area contributed by atoms with E-state index >= 15 is 0 Å². The number of aliphatic carboxylic acids is 2. The van der Waals surface area contributed by atoms with E-state index in [4.69, 9.17) is 33.0 Å². The van der Waals surface area contributed by atoms with Crippen LogP contribution in [0.25, 0.3) is 0 Å². The van der Waals surface area contributed by atoms with Crippen molar-refractivity contribution < 1.29 is 34.1 Å². The van der Waals surface area contributed by atoms with Crippen LogP contribution in [0, 0.1) is 16.7 Å². The van der Waals surface area contributed by atoms with Gasteiger partial charge in [-0.2, -0.15) is 0 Å². The molecule has 0 spiro atoms. The quantitative estimate of drug-likeness (QED) is 0.311. The van der Waals surface area contributed by atoms with Crippen LogP contribution in [-0.2, 0) is 32.2 Å². The van der Waals surface area contributed by atoms with Gasteiger partial charge in [-0.15, -0.1) is 0 Å². The van der Waals surface area contributed by atoms with Crippen LogP contribution in [0.4, 0.5) is 0 Å². The van der Waals surface area contributed by atoms with Crippen molar-refractivity contribution in [2.45, 2.75) is 52.7 Å². The minimum absolute atomic E-state index is 0.0429. The van der Waals surface area contributed by atoms with Crippen molar-refractivity contribution in [1.82, 2.24) is 10.6 Å². The third-order valence-electron chi connectivity index (χ3n) is 7.87. The normalized spacial score (nSPS) is 20.6. The highest BCUT2D eigenvalue weighted by atomic mass is 35.5. The molecule has 0 aromatic heterocycles. The molecule has 2 amide bonds. The summed E-state index contributed by atoms with van der Waals surface area (Å²) in [5.74, 6) is -3.34. The van der Waals surface area contributed by atoms with Crippen LogP contribution >= 0.6 is 23.2 Å². The molecular formula is C28H32Cl2N2O7. The van der Waals surface area contributed by atoms with E-state index < -0.39 is 53.1 Å². The lowest BCUT2D eigenvalue weighted by Crippen LogP contribution is -2.52. The minimum atomic E-state index is -1.19. The Bertz CT molecular complexity index is 1230. The third kappa shape index (κ3) is 6.83. The summed E-state index contributed by atoms with van der Waals surface area (Å²) in [5.41, 5.74) is -0.502. The van der Waals surface area contributed by atoms with E-state index in [2.05, 4.69) is 10.6 Å². The third-order valence-corrected chi connectivity index (χ3v) is 8.57. The SMILES string of the molecule is CC1(C(=O)NCC(=O)O)CCC(C(=O)N[C@@H](Cc2ccc(OCc3c(Cl)cccc3Cl)cc2)C(=O)O)C1(C)C. The second-order valence-electron chi connectivity index (χ2n) is 10.5. The van der Waals surface area contributed by atoms with Crippen molar-refractivity contribution in [3.63, 3.8) is 0 Å². The number of carbonyl (C=O) groups is 4. The van der Waals surface area contributed by atoms with Crippen LogP contribution in [0.3, 0.4) is 0 Å². The van der Waals surface area contributed by atoms with Crippen molar-refractivity contribution >= 4 is 47.0 Å². The van der Waals surface area contributed by atoms with Gasteiger partial charge in [0.25, 0.3) is 0 Å². The number of rotatable bonds is 11. The Morgan fingerprint density at radius 3 is 2.21 bits per heavy atom. The molecule has 1 aliphatic rings. The van der Waals surface area contributed by atoms with E-state index in [-0.39, 0.29) is 13.0 Å². The fraction of sp³-hybridized carbons (Fsp3) is 0.429. The highest BCUT2D eigenvalue weighted by Crippen LogP contribution is 2.56. The molecule has 0 heterocycles. The Morgan fingerprint density at radius 1 is 1.03 bits per heavy atom. The van der Waals surface area contributed by atoms with Gasteiger partial charge in [0.15, 0.2) is 0 Å². The largest absolute Gasteiger partial charge is 0.489 e. The van der Waals surface area contributed by atoms with Gasteiger partial charge in [0.1, 0.15) is 24.9 Å². The molecule has 0 bridgehead atoms. The predicted octanol–water partition coefficient (Wildman–Crippen LogP) is 4.33. The maximum Gasteiger partial charge on any atom is 0.326 e. The van der Waals surface area contributed by atoms with E-state index in [9.17, 15) is 24.3 Å². The van der Waals surface area contributed by atoms with Gasteiger partial charge in [-0.1, -0.05) is 62.2 Å². The monoisotopic (exact) mass is 578 g/mol. The molecule has 2 aromatic rings. The molecule has 0 aliphatic heterocycles. The van der Waals surface area contributed by atoms with Gasteiger partial charge in [-0.05, 0) is 48.1 Å². The van der Waals surface area contributed by atoms with Crippen LogP contribution in [0.1, 0.15) is 44.7 Å². The van der Waals surface area contributed by atoms with E-state index in [0.29, 0.717) is 39.8 Å². The molecule has 210 valence electrons. The maximum atomic E-state index is 13.2. The van der Waals surface area contributed by atoms with Gasteiger partial charge in [0.05, 0.1) is 5.41 Å². The molecule has 1 aliphatic carbocycles. The van der Waals surface area contributed by atoms with Crippen LogP contribution in [-0.4, -0.2) is 46.6 Å². The number of nitrogens with one attached hydrogen (secondary N) is 2. The van der Waals surface area contributed by atoms with Gasteiger partial charge in [-0.25, -0.2) is 4.79 Å². The van der Waals surface area contributed by atoms with Crippen molar-refractivity contribution in [3.05, 3.63) is 63.6 Å². The van der Waals surface area contributed by atoms with Crippen LogP contribution in [0.5, 0.6) is 5.75 Å². The Hall–Kier alpha value is -3.30. The average Bonchev–Trinajstić information content (AvgIpc) is 3.12. The number of hydrogen-bond acceptors (Lipinski definition) is 5. The van der Waals surface area contributed by atoms with Crippen molar-refractivity contribution in [2.75, 3.05) is 6.54 Å². The number of benzene rings is 2. The average molecular weight is 579 g/mol. The summed E-state index contributed by atoms with van der Waals surface area (Å²) >= 11 is 12.3. The number of carboxylic acids is 2. The van der Waals surface area contributed by atoms with Crippen LogP contribution < -0.4 is 15.4 Å². The predicted molar refractivity (Wildman–Crippen MR) is 146 cm³/mol. The lowest BCUT2D eigenvalue weighted by Gasteiger charge is -2.40. The van der Waals surface area contributed by atoms with Gasteiger partial charge >= 0.3 is 11.9 Å². The molecule has 1 saturated carbocycles. The number of ether oxygens (including phenoxy) is 1. The molecule has 2 unspecified atom stereocenters. The first-order valence-electron chi connectivity index (χ1n) is 12.4. The molecule has 9 nitrogen and oxygen atoms in total. The maximum absolute atomic E-state index is 13.2. The molecule has 4 N–H and O–H groups in total. The fourth-order valence-corrected chi connectivity index (χ4v) is 5.48. The standard InChI is InChI=1S/C28H32Cl2N2O7/c1-27(2)19(11-12-28(27,3)26(38)31-14-23(33)34)24(35)32-22(25(36)37)13-16-7-9-17(10-8-16)39-15-18-20(29)5-4-6-21(18)30/h4-10,19,22H,11-15H2,1-3H3,(H,31,38)(H,32,35)(H,33,34)(H,36,37)/t19?,22-,28?/m0/s1. The first-order valence-corrected chi connectivity index (χ1v) is 13.2. The molecule has 2 aromatic carbocycles. The summed E-state index contributed by atoms with van der Waals surface area (Å²) in [7, 11) is 0. The molecule has 11 heteroatoms. The smallest absolute Gasteiger partial charge is 0.326 e. The molecule has 39 heavy (non-hydrogen) atoms. The highest BCUT2D eigenvalue weighted by Gasteiger charge is 2.58. The zero-order valence-corrected chi connectivity index (χ0v) is 23.4. The summed E-state index contributed by atoms with van der Waals surface area (Å²) < 4.78 is 5.77. The fourth-order valence-electron chi connectivity index (χ4n) is 4.97. The summed E-state index contributed by atoms with van der Waals surface area (Å²) in [6.45, 7) is 4.90. The van der Waals surface area contributed by atoms with E-state index in [1.165, 1.54) is 0 Å². The number of carboxylic acid groups (broad SMARTS) is 2. The number of halogens is 2. The number of carbonyl (C=O) groups excluding carboxylic acids is 2. The lowest BCUT2D eigenvalue weighted by atomic mass is 9.65. The lowest BCUT2D eigenvalue weighted by molar-refractivity contribution is -0.145. The summed E-state index contributed by atoms with van der Waals surface area (Å²) in [6, 6.07) is 10.8. The van der Waals surface area contributed by atoms with Crippen LogP contribution in [0.15, 0.2) is 42.5 Å². The topological polar surface area (TPSA) is 142 Å². The second-order valence-corrected chi connectivity index (χ2v) is 11.3. The molecule has 0 saturated heterocycles. The molecule has 0 radical (unpaired) electrons. The number of amides is 2. The summed E-state index contributed by atoms with van der Waals surface area (Å²) in [4.78, 5) is 48.9. The first kappa shape index (κ1) is 30.2. The van der Waals surface area contributed by atoms with E-state index in [1.54, 1.807) is 63.2 Å². The molecule has 3 rings (SSSR count). The Kier molecular flexibility index (Phi) is 9.51. The zero-order valence-electron chi connectivity index (χ0n) is 21.9. The molecular weight excluding hydrogens is 547 g/mol. The van der Waals surface area contributed by atoms with E-state index in [1.807, 2.05) is 0 Å². The molecule has 1 fully saturated rings. The molecule has 3 atom stereocenters. The summed E-state index contributed by atoms with van der Waals surface area (Å²) in [6.07, 6.45) is 0.771. The Labute approximate surface area is 236 Å². The van der Waals surface area contributed by atoms with Gasteiger partial charge in [0, 0.05) is 27.9 Å². The van der Waals surface area contributed by atoms with Crippen molar-refractivity contribution in [1.29, 1.82) is 0 Å². The van der Waals surface area contributed by atoms with Gasteiger partial charge in [0.2, 0.25) is 11.8 Å². The highest BCUT2D eigenvalue weighted by molar-refractivity contribution is 6.35. The Balaban J connectivity index is 1.63. The van der Waals surface area contributed by atoms with Gasteiger partial charge < -0.3 is 25.6 Å². The van der Waals surface area contributed by atoms with Crippen LogP contribution in [0.2, 0.25) is 10.0 Å². The minimum Gasteiger partial charge on any atom is -0.489 e. The zero-order chi connectivity index (χ0) is 29.0. The summed E-state index contributed by atoms with van der Waals surface area (Å²) in [5, 5.41) is 24.7. The van der Waals surface area contributed by atoms with Crippen molar-refractivity contribution in [3.8, 4) is 5.75 Å². The van der Waals surface area contributed by atoms with Gasteiger partial charge in [-0.3, -0.25) is 14.4 Å². The van der Waals surface area contributed by atoms with E-state index in [0.717, 1.165) is 0 Å². The first-order chi connectivity index (χ1) is 18.3.